The molecular formula is C8H15N3O. The Hall–Kier alpha value is -0.770. The zero-order valence-corrected chi connectivity index (χ0v) is 7.36. The first-order chi connectivity index (χ1) is 5.68. The lowest BCUT2D eigenvalue weighted by atomic mass is 10.1. The third-order valence-electron chi connectivity index (χ3n) is 3.14. The zero-order chi connectivity index (χ0) is 8.72. The highest BCUT2D eigenvalue weighted by Gasteiger charge is 2.40. The van der Waals surface area contributed by atoms with E-state index in [0.717, 1.165) is 13.1 Å². The SMILES string of the molecule is CN1CCC2CN(C(N)=O)CC21. The van der Waals surface area contributed by atoms with Gasteiger partial charge in [-0.05, 0) is 25.9 Å². The highest BCUT2D eigenvalue weighted by Crippen LogP contribution is 2.29. The second-order valence-electron chi connectivity index (χ2n) is 3.84. The molecule has 0 aromatic rings. The summed E-state index contributed by atoms with van der Waals surface area (Å²) in [6.45, 7) is 2.86. The van der Waals surface area contributed by atoms with E-state index in [1.807, 2.05) is 0 Å². The van der Waals surface area contributed by atoms with Gasteiger partial charge in [0.1, 0.15) is 0 Å². The fraction of sp³-hybridized carbons (Fsp3) is 0.875. The number of nitrogens with zero attached hydrogens (tertiary/aromatic N) is 2. The molecule has 4 heteroatoms. The molecule has 0 bridgehead atoms. The third kappa shape index (κ3) is 1.06. The van der Waals surface area contributed by atoms with E-state index in [1.54, 1.807) is 4.90 Å². The van der Waals surface area contributed by atoms with E-state index in [9.17, 15) is 4.79 Å². The molecule has 2 saturated heterocycles. The molecule has 0 aromatic heterocycles. The molecule has 0 saturated carbocycles. The number of carbonyl (C=O) groups excluding carboxylic acids is 1. The molecule has 4 nitrogen and oxygen atoms in total. The summed E-state index contributed by atoms with van der Waals surface area (Å²) in [5, 5.41) is 0. The van der Waals surface area contributed by atoms with Gasteiger partial charge < -0.3 is 15.5 Å². The minimum atomic E-state index is -0.266. The Kier molecular flexibility index (Phi) is 1.72. The van der Waals surface area contributed by atoms with Gasteiger partial charge in [0.25, 0.3) is 0 Å². The van der Waals surface area contributed by atoms with E-state index >= 15 is 0 Å². The first-order valence-corrected chi connectivity index (χ1v) is 4.43. The molecule has 0 aliphatic carbocycles. The van der Waals surface area contributed by atoms with Gasteiger partial charge in [0, 0.05) is 19.1 Å². The summed E-state index contributed by atoms with van der Waals surface area (Å²) < 4.78 is 0. The topological polar surface area (TPSA) is 49.6 Å². The van der Waals surface area contributed by atoms with Crippen LogP contribution in [0.1, 0.15) is 6.42 Å². The molecule has 0 spiro atoms. The van der Waals surface area contributed by atoms with E-state index in [2.05, 4.69) is 11.9 Å². The maximum Gasteiger partial charge on any atom is 0.314 e. The summed E-state index contributed by atoms with van der Waals surface area (Å²) in [5.74, 6) is 0.669. The molecule has 0 aromatic carbocycles. The number of amides is 2. The van der Waals surface area contributed by atoms with Gasteiger partial charge in [-0.25, -0.2) is 4.79 Å². The first kappa shape index (κ1) is 7.86. The van der Waals surface area contributed by atoms with Crippen LogP contribution in [0.2, 0.25) is 0 Å². The predicted octanol–water partition coefficient (Wildman–Crippen LogP) is -0.299. The number of likely N-dealkylation sites (tertiary alicyclic amines) is 2. The van der Waals surface area contributed by atoms with Crippen molar-refractivity contribution >= 4 is 6.03 Å². The van der Waals surface area contributed by atoms with Crippen LogP contribution in [0.3, 0.4) is 0 Å². The summed E-state index contributed by atoms with van der Waals surface area (Å²) >= 11 is 0. The second kappa shape index (κ2) is 2.62. The molecule has 2 rings (SSSR count). The van der Waals surface area contributed by atoms with Crippen molar-refractivity contribution in [3.05, 3.63) is 0 Å². The fourth-order valence-electron chi connectivity index (χ4n) is 2.35. The quantitative estimate of drug-likeness (QED) is 0.541. The van der Waals surface area contributed by atoms with E-state index in [0.29, 0.717) is 12.0 Å². The summed E-state index contributed by atoms with van der Waals surface area (Å²) in [4.78, 5) is 15.0. The maximum atomic E-state index is 10.9. The number of hydrogen-bond acceptors (Lipinski definition) is 2. The van der Waals surface area contributed by atoms with Gasteiger partial charge in [0.2, 0.25) is 0 Å². The number of rotatable bonds is 0. The maximum absolute atomic E-state index is 10.9. The normalized spacial score (nSPS) is 35.6. The highest BCUT2D eigenvalue weighted by atomic mass is 16.2. The Bertz CT molecular complexity index is 206. The standard InChI is InChI=1S/C8H15N3O/c1-10-3-2-6-4-11(8(9)12)5-7(6)10/h6-7H,2-5H2,1H3,(H2,9,12). The number of nitrogens with two attached hydrogens (primary N) is 1. The summed E-state index contributed by atoms with van der Waals surface area (Å²) in [7, 11) is 2.12. The van der Waals surface area contributed by atoms with Crippen LogP contribution in [-0.2, 0) is 0 Å². The molecule has 2 unspecified atom stereocenters. The summed E-state index contributed by atoms with van der Waals surface area (Å²) in [6.07, 6.45) is 1.21. The van der Waals surface area contributed by atoms with E-state index in [4.69, 9.17) is 5.73 Å². The van der Waals surface area contributed by atoms with E-state index in [1.165, 1.54) is 13.0 Å². The lowest BCUT2D eigenvalue weighted by Crippen LogP contribution is -2.37. The lowest BCUT2D eigenvalue weighted by Gasteiger charge is -2.18. The van der Waals surface area contributed by atoms with Gasteiger partial charge in [0.15, 0.2) is 0 Å². The van der Waals surface area contributed by atoms with Crippen molar-refractivity contribution in [1.29, 1.82) is 0 Å². The summed E-state index contributed by atoms with van der Waals surface area (Å²) in [5.41, 5.74) is 5.21. The fourth-order valence-corrected chi connectivity index (χ4v) is 2.35. The van der Waals surface area contributed by atoms with Crippen LogP contribution in [0.15, 0.2) is 0 Å². The number of carbonyl (C=O) groups is 1. The number of likely N-dealkylation sites (N-methyl/N-ethyl adjacent to an activating group) is 1. The van der Waals surface area contributed by atoms with Crippen LogP contribution in [0.4, 0.5) is 4.79 Å². The molecule has 2 heterocycles. The van der Waals surface area contributed by atoms with E-state index < -0.39 is 0 Å². The van der Waals surface area contributed by atoms with E-state index in [-0.39, 0.29) is 6.03 Å². The molecule has 2 N–H and O–H groups in total. The van der Waals surface area contributed by atoms with Crippen LogP contribution >= 0.6 is 0 Å². The van der Waals surface area contributed by atoms with Crippen molar-refractivity contribution in [1.82, 2.24) is 9.80 Å². The van der Waals surface area contributed by atoms with Gasteiger partial charge in [-0.15, -0.1) is 0 Å². The molecule has 2 atom stereocenters. The van der Waals surface area contributed by atoms with Crippen LogP contribution in [0, 0.1) is 5.92 Å². The minimum Gasteiger partial charge on any atom is -0.351 e. The van der Waals surface area contributed by atoms with Crippen molar-refractivity contribution in [3.63, 3.8) is 0 Å². The number of primary amides is 1. The van der Waals surface area contributed by atoms with Crippen molar-refractivity contribution < 1.29 is 4.79 Å². The molecule has 68 valence electrons. The largest absolute Gasteiger partial charge is 0.351 e. The van der Waals surface area contributed by atoms with Crippen molar-refractivity contribution in [2.24, 2.45) is 11.7 Å². The molecule has 0 radical (unpaired) electrons. The molecule has 2 aliphatic heterocycles. The third-order valence-corrected chi connectivity index (χ3v) is 3.14. The van der Waals surface area contributed by atoms with Gasteiger partial charge in [0.05, 0.1) is 0 Å². The lowest BCUT2D eigenvalue weighted by molar-refractivity contribution is 0.210. The van der Waals surface area contributed by atoms with Crippen molar-refractivity contribution in [2.45, 2.75) is 12.5 Å². The molecule has 12 heavy (non-hydrogen) atoms. The van der Waals surface area contributed by atoms with Gasteiger partial charge >= 0.3 is 6.03 Å². The second-order valence-corrected chi connectivity index (χ2v) is 3.84. The Balaban J connectivity index is 2.03. The van der Waals surface area contributed by atoms with Crippen LogP contribution in [0.5, 0.6) is 0 Å². The first-order valence-electron chi connectivity index (χ1n) is 4.43. The van der Waals surface area contributed by atoms with Crippen LogP contribution in [0.25, 0.3) is 0 Å². The van der Waals surface area contributed by atoms with Crippen LogP contribution < -0.4 is 5.73 Å². The average Bonchev–Trinajstić information content (AvgIpc) is 2.53. The number of fused-ring (bicyclic) bond motifs is 1. The molecular weight excluding hydrogens is 154 g/mol. The Morgan fingerprint density at radius 3 is 2.83 bits per heavy atom. The highest BCUT2D eigenvalue weighted by molar-refractivity contribution is 5.72. The Labute approximate surface area is 72.3 Å². The number of hydrogen-bond donors (Lipinski definition) is 1. The van der Waals surface area contributed by atoms with Crippen molar-refractivity contribution in [2.75, 3.05) is 26.7 Å². The zero-order valence-electron chi connectivity index (χ0n) is 7.36. The van der Waals surface area contributed by atoms with Gasteiger partial charge in [-0.1, -0.05) is 0 Å². The van der Waals surface area contributed by atoms with Gasteiger partial charge in [-0.3, -0.25) is 0 Å². The predicted molar refractivity (Wildman–Crippen MR) is 45.7 cm³/mol. The molecule has 2 amide bonds. The monoisotopic (exact) mass is 169 g/mol. The van der Waals surface area contributed by atoms with Gasteiger partial charge in [-0.2, -0.15) is 0 Å². The molecule has 2 fully saturated rings. The minimum absolute atomic E-state index is 0.266. The van der Waals surface area contributed by atoms with Crippen LogP contribution in [-0.4, -0.2) is 48.6 Å². The van der Waals surface area contributed by atoms with Crippen molar-refractivity contribution in [3.8, 4) is 0 Å². The Morgan fingerprint density at radius 1 is 1.50 bits per heavy atom. The molecule has 2 aliphatic rings. The average molecular weight is 169 g/mol. The Morgan fingerprint density at radius 2 is 2.25 bits per heavy atom. The number of urea groups is 1. The summed E-state index contributed by atoms with van der Waals surface area (Å²) in [6, 6.07) is 0.301. The smallest absolute Gasteiger partial charge is 0.314 e.